The standard InChI is InChI=1S/C19H16ClNO5/c1-10-12-6-7-15(22)17(24)18(12)26-19(25)13(10)8-16(23)21-9-11-4-2-3-5-14(11)20/h2-7,22,24H,8-9H2,1H3,(H,21,23). The largest absolute Gasteiger partial charge is 0.504 e. The van der Waals surface area contributed by atoms with Gasteiger partial charge < -0.3 is 19.9 Å². The molecule has 0 atom stereocenters. The summed E-state index contributed by atoms with van der Waals surface area (Å²) in [4.78, 5) is 24.5. The molecule has 134 valence electrons. The van der Waals surface area contributed by atoms with Gasteiger partial charge in [-0.15, -0.1) is 0 Å². The molecule has 0 saturated carbocycles. The number of rotatable bonds is 4. The molecule has 0 unspecified atom stereocenters. The second-order valence-electron chi connectivity index (χ2n) is 5.85. The second-order valence-corrected chi connectivity index (χ2v) is 6.26. The predicted molar refractivity (Wildman–Crippen MR) is 97.6 cm³/mol. The zero-order valence-electron chi connectivity index (χ0n) is 13.9. The van der Waals surface area contributed by atoms with E-state index in [1.807, 2.05) is 6.07 Å². The van der Waals surface area contributed by atoms with E-state index in [0.29, 0.717) is 16.0 Å². The number of amides is 1. The number of hydrogen-bond donors (Lipinski definition) is 3. The number of nitrogens with one attached hydrogen (secondary N) is 1. The Morgan fingerprint density at radius 1 is 1.19 bits per heavy atom. The minimum absolute atomic E-state index is 0.104. The van der Waals surface area contributed by atoms with E-state index in [-0.39, 0.29) is 35.8 Å². The van der Waals surface area contributed by atoms with Crippen LogP contribution >= 0.6 is 11.6 Å². The van der Waals surface area contributed by atoms with Crippen LogP contribution in [0.3, 0.4) is 0 Å². The topological polar surface area (TPSA) is 99.8 Å². The number of hydrogen-bond acceptors (Lipinski definition) is 5. The first kappa shape index (κ1) is 17.8. The summed E-state index contributed by atoms with van der Waals surface area (Å²) in [5.74, 6) is -1.25. The van der Waals surface area contributed by atoms with E-state index in [2.05, 4.69) is 5.32 Å². The van der Waals surface area contributed by atoms with Gasteiger partial charge in [0.1, 0.15) is 0 Å². The van der Waals surface area contributed by atoms with Crippen molar-refractivity contribution in [3.05, 3.63) is 68.5 Å². The molecule has 0 aliphatic heterocycles. The molecule has 7 heteroatoms. The van der Waals surface area contributed by atoms with Crippen LogP contribution in [0.1, 0.15) is 16.7 Å². The molecule has 3 N–H and O–H groups in total. The molecular weight excluding hydrogens is 358 g/mol. The van der Waals surface area contributed by atoms with Crippen LogP contribution < -0.4 is 10.9 Å². The van der Waals surface area contributed by atoms with Gasteiger partial charge in [0, 0.05) is 17.0 Å². The zero-order valence-corrected chi connectivity index (χ0v) is 14.6. The van der Waals surface area contributed by atoms with Crippen LogP contribution in [0.5, 0.6) is 11.5 Å². The molecule has 3 rings (SSSR count). The highest BCUT2D eigenvalue weighted by Gasteiger charge is 2.18. The van der Waals surface area contributed by atoms with E-state index in [1.54, 1.807) is 25.1 Å². The van der Waals surface area contributed by atoms with Gasteiger partial charge in [0.05, 0.1) is 12.0 Å². The van der Waals surface area contributed by atoms with Crippen molar-refractivity contribution in [2.75, 3.05) is 0 Å². The van der Waals surface area contributed by atoms with E-state index in [1.165, 1.54) is 12.1 Å². The highest BCUT2D eigenvalue weighted by molar-refractivity contribution is 6.31. The molecule has 0 aliphatic rings. The van der Waals surface area contributed by atoms with E-state index < -0.39 is 11.4 Å². The third-order valence-corrected chi connectivity index (χ3v) is 4.55. The molecule has 0 spiro atoms. The van der Waals surface area contributed by atoms with Gasteiger partial charge in [0.2, 0.25) is 11.7 Å². The Hall–Kier alpha value is -2.99. The normalized spacial score (nSPS) is 10.8. The van der Waals surface area contributed by atoms with Crippen molar-refractivity contribution in [2.24, 2.45) is 0 Å². The van der Waals surface area contributed by atoms with Crippen LogP contribution in [0.15, 0.2) is 45.6 Å². The number of fused-ring (bicyclic) bond motifs is 1. The first-order valence-corrected chi connectivity index (χ1v) is 8.23. The smallest absolute Gasteiger partial charge is 0.340 e. The summed E-state index contributed by atoms with van der Waals surface area (Å²) < 4.78 is 5.10. The number of carbonyl (C=O) groups is 1. The Morgan fingerprint density at radius 3 is 2.65 bits per heavy atom. The van der Waals surface area contributed by atoms with Crippen LogP contribution in [0, 0.1) is 6.92 Å². The third kappa shape index (κ3) is 3.36. The Morgan fingerprint density at radius 2 is 1.92 bits per heavy atom. The molecule has 0 bridgehead atoms. The highest BCUT2D eigenvalue weighted by Crippen LogP contribution is 2.34. The molecular formula is C19H16ClNO5. The summed E-state index contributed by atoms with van der Waals surface area (Å²) in [5, 5.41) is 23.1. The summed E-state index contributed by atoms with van der Waals surface area (Å²) in [6.07, 6.45) is -0.170. The van der Waals surface area contributed by atoms with Crippen molar-refractivity contribution in [3.8, 4) is 11.5 Å². The monoisotopic (exact) mass is 373 g/mol. The lowest BCUT2D eigenvalue weighted by atomic mass is 10.0. The third-order valence-electron chi connectivity index (χ3n) is 4.18. The maximum Gasteiger partial charge on any atom is 0.340 e. The lowest BCUT2D eigenvalue weighted by Gasteiger charge is -2.10. The SMILES string of the molecule is Cc1c(CC(=O)NCc2ccccc2Cl)c(=O)oc2c(O)c(O)ccc12. The van der Waals surface area contributed by atoms with Gasteiger partial charge in [-0.1, -0.05) is 29.8 Å². The molecule has 0 radical (unpaired) electrons. The highest BCUT2D eigenvalue weighted by atomic mass is 35.5. The molecule has 6 nitrogen and oxygen atoms in total. The van der Waals surface area contributed by atoms with Gasteiger partial charge in [0.25, 0.3) is 0 Å². The number of carbonyl (C=O) groups excluding carboxylic acids is 1. The fourth-order valence-electron chi connectivity index (χ4n) is 2.69. The molecule has 3 aromatic rings. The van der Waals surface area contributed by atoms with E-state index in [0.717, 1.165) is 5.56 Å². The molecule has 0 fully saturated rings. The van der Waals surface area contributed by atoms with Crippen molar-refractivity contribution < 1.29 is 19.4 Å². The van der Waals surface area contributed by atoms with Crippen molar-refractivity contribution in [1.29, 1.82) is 0 Å². The van der Waals surface area contributed by atoms with Gasteiger partial charge in [-0.2, -0.15) is 0 Å². The van der Waals surface area contributed by atoms with Crippen molar-refractivity contribution in [1.82, 2.24) is 5.32 Å². The zero-order chi connectivity index (χ0) is 18.8. The van der Waals surface area contributed by atoms with Gasteiger partial charge in [-0.05, 0) is 36.2 Å². The molecule has 0 aliphatic carbocycles. The van der Waals surface area contributed by atoms with Gasteiger partial charge in [-0.3, -0.25) is 4.79 Å². The number of benzene rings is 2. The van der Waals surface area contributed by atoms with Crippen molar-refractivity contribution >= 4 is 28.5 Å². The Bertz CT molecular complexity index is 1060. The number of halogens is 1. The van der Waals surface area contributed by atoms with E-state index in [4.69, 9.17) is 16.0 Å². The number of aromatic hydroxyl groups is 2. The second kappa shape index (κ2) is 7.09. The van der Waals surface area contributed by atoms with Gasteiger partial charge >= 0.3 is 5.63 Å². The summed E-state index contributed by atoms with van der Waals surface area (Å²) in [5.41, 5.74) is 0.639. The Kier molecular flexibility index (Phi) is 4.86. The lowest BCUT2D eigenvalue weighted by Crippen LogP contribution is -2.27. The van der Waals surface area contributed by atoms with E-state index >= 15 is 0 Å². The minimum atomic E-state index is -0.733. The molecule has 0 saturated heterocycles. The maximum atomic E-state index is 12.2. The van der Waals surface area contributed by atoms with Crippen LogP contribution in [0.4, 0.5) is 0 Å². The average molecular weight is 374 g/mol. The summed E-state index contributed by atoms with van der Waals surface area (Å²) in [6, 6.07) is 9.96. The quantitative estimate of drug-likeness (QED) is 0.482. The molecule has 2 aromatic carbocycles. The minimum Gasteiger partial charge on any atom is -0.504 e. The average Bonchev–Trinajstić information content (AvgIpc) is 2.61. The number of phenolic OH excluding ortho intramolecular Hbond substituents is 2. The Labute approximate surface area is 153 Å². The molecule has 1 heterocycles. The molecule has 1 amide bonds. The van der Waals surface area contributed by atoms with Gasteiger partial charge in [-0.25, -0.2) is 4.79 Å². The fraction of sp³-hybridized carbons (Fsp3) is 0.158. The maximum absolute atomic E-state index is 12.2. The van der Waals surface area contributed by atoms with Crippen LogP contribution in [-0.4, -0.2) is 16.1 Å². The van der Waals surface area contributed by atoms with E-state index in [9.17, 15) is 19.8 Å². The van der Waals surface area contributed by atoms with Crippen LogP contribution in [0.25, 0.3) is 11.0 Å². The molecule has 26 heavy (non-hydrogen) atoms. The lowest BCUT2D eigenvalue weighted by molar-refractivity contribution is -0.120. The summed E-state index contributed by atoms with van der Waals surface area (Å²) in [7, 11) is 0. The summed E-state index contributed by atoms with van der Waals surface area (Å²) in [6.45, 7) is 1.90. The fourth-order valence-corrected chi connectivity index (χ4v) is 2.90. The first-order chi connectivity index (χ1) is 12.4. The van der Waals surface area contributed by atoms with Crippen molar-refractivity contribution in [2.45, 2.75) is 19.9 Å². The number of phenols is 2. The van der Waals surface area contributed by atoms with Gasteiger partial charge in [0.15, 0.2) is 11.3 Å². The molecule has 1 aromatic heterocycles. The predicted octanol–water partition coefficient (Wildman–Crippen LogP) is 3.02. The first-order valence-electron chi connectivity index (χ1n) is 7.85. The summed E-state index contributed by atoms with van der Waals surface area (Å²) >= 11 is 6.05. The van der Waals surface area contributed by atoms with Crippen molar-refractivity contribution in [3.63, 3.8) is 0 Å². The van der Waals surface area contributed by atoms with Crippen LogP contribution in [-0.2, 0) is 17.8 Å². The van der Waals surface area contributed by atoms with Crippen LogP contribution in [0.2, 0.25) is 5.02 Å². The Balaban J connectivity index is 1.84. The number of aryl methyl sites for hydroxylation is 1.